The number of rotatable bonds is 3. The van der Waals surface area contributed by atoms with Gasteiger partial charge in [-0.1, -0.05) is 6.92 Å². The normalized spacial score (nSPS) is 9.75. The minimum absolute atomic E-state index is 0.214. The molecule has 0 bridgehead atoms. The largest absolute Gasteiger partial charge is 0.436 e. The molecule has 0 saturated carbocycles. The van der Waals surface area contributed by atoms with Gasteiger partial charge in [0.1, 0.15) is 0 Å². The van der Waals surface area contributed by atoms with E-state index in [0.717, 1.165) is 6.42 Å². The van der Waals surface area contributed by atoms with Crippen LogP contribution in [0, 0.1) is 0 Å². The molecule has 3 N–H and O–H groups in total. The summed E-state index contributed by atoms with van der Waals surface area (Å²) in [6.07, 6.45) is 0.905. The lowest BCUT2D eigenvalue weighted by molar-refractivity contribution is 0.0927. The first-order chi connectivity index (χ1) is 5.74. The maximum Gasteiger partial charge on any atom is 0.287 e. The van der Waals surface area contributed by atoms with E-state index in [1.54, 1.807) is 12.1 Å². The van der Waals surface area contributed by atoms with Crippen molar-refractivity contribution in [2.45, 2.75) is 13.3 Å². The second-order valence-electron chi connectivity index (χ2n) is 2.46. The highest BCUT2D eigenvalue weighted by Crippen LogP contribution is 2.08. The summed E-state index contributed by atoms with van der Waals surface area (Å²) in [5, 5.41) is 2.67. The van der Waals surface area contributed by atoms with Crippen LogP contribution in [0.2, 0.25) is 0 Å². The molecule has 1 aromatic heterocycles. The molecule has 66 valence electrons. The number of anilines is 1. The van der Waals surface area contributed by atoms with Crippen LogP contribution in [0.5, 0.6) is 0 Å². The van der Waals surface area contributed by atoms with E-state index < -0.39 is 0 Å². The van der Waals surface area contributed by atoms with Crippen LogP contribution in [-0.4, -0.2) is 12.5 Å². The average Bonchev–Trinajstić information content (AvgIpc) is 2.47. The van der Waals surface area contributed by atoms with E-state index in [2.05, 4.69) is 5.32 Å². The molecular formula is C8H12N2O2. The average molecular weight is 168 g/mol. The van der Waals surface area contributed by atoms with Crippen molar-refractivity contribution in [2.75, 3.05) is 12.3 Å². The SMILES string of the molecule is CCCNC(=O)c1ccc(N)o1. The summed E-state index contributed by atoms with van der Waals surface area (Å²) in [5.41, 5.74) is 5.30. The van der Waals surface area contributed by atoms with Crippen LogP contribution in [0.1, 0.15) is 23.9 Å². The Kier molecular flexibility index (Phi) is 2.74. The topological polar surface area (TPSA) is 68.3 Å². The summed E-state index contributed by atoms with van der Waals surface area (Å²) in [6, 6.07) is 3.11. The molecule has 0 aromatic carbocycles. The minimum atomic E-state index is -0.214. The maximum absolute atomic E-state index is 11.2. The van der Waals surface area contributed by atoms with Gasteiger partial charge in [0.2, 0.25) is 0 Å². The summed E-state index contributed by atoms with van der Waals surface area (Å²) in [7, 11) is 0. The Labute approximate surface area is 70.7 Å². The molecule has 4 nitrogen and oxygen atoms in total. The van der Waals surface area contributed by atoms with E-state index in [1.165, 1.54) is 0 Å². The first-order valence-electron chi connectivity index (χ1n) is 3.87. The van der Waals surface area contributed by atoms with Crippen LogP contribution >= 0.6 is 0 Å². The highest BCUT2D eigenvalue weighted by molar-refractivity contribution is 5.91. The van der Waals surface area contributed by atoms with Gasteiger partial charge in [-0.15, -0.1) is 0 Å². The van der Waals surface area contributed by atoms with Crippen molar-refractivity contribution in [1.82, 2.24) is 5.32 Å². The van der Waals surface area contributed by atoms with Crippen LogP contribution in [-0.2, 0) is 0 Å². The van der Waals surface area contributed by atoms with Gasteiger partial charge in [-0.3, -0.25) is 4.79 Å². The maximum atomic E-state index is 11.2. The lowest BCUT2D eigenvalue weighted by atomic mass is 10.4. The number of carbonyl (C=O) groups excluding carboxylic acids is 1. The quantitative estimate of drug-likeness (QED) is 0.707. The smallest absolute Gasteiger partial charge is 0.287 e. The number of hydrogen-bond donors (Lipinski definition) is 2. The third kappa shape index (κ3) is 2.02. The molecule has 0 spiro atoms. The van der Waals surface area contributed by atoms with Crippen molar-refractivity contribution in [3.63, 3.8) is 0 Å². The van der Waals surface area contributed by atoms with Gasteiger partial charge < -0.3 is 15.5 Å². The van der Waals surface area contributed by atoms with Gasteiger partial charge in [0.25, 0.3) is 5.91 Å². The number of hydrogen-bond acceptors (Lipinski definition) is 3. The number of nitrogens with one attached hydrogen (secondary N) is 1. The molecule has 0 saturated heterocycles. The molecule has 12 heavy (non-hydrogen) atoms. The fourth-order valence-electron chi connectivity index (χ4n) is 0.801. The monoisotopic (exact) mass is 168 g/mol. The molecular weight excluding hydrogens is 156 g/mol. The van der Waals surface area contributed by atoms with Crippen molar-refractivity contribution in [3.05, 3.63) is 17.9 Å². The van der Waals surface area contributed by atoms with Gasteiger partial charge in [0.05, 0.1) is 0 Å². The van der Waals surface area contributed by atoms with E-state index in [9.17, 15) is 4.79 Å². The van der Waals surface area contributed by atoms with Crippen LogP contribution < -0.4 is 11.1 Å². The summed E-state index contributed by atoms with van der Waals surface area (Å²) < 4.78 is 4.91. The van der Waals surface area contributed by atoms with E-state index in [4.69, 9.17) is 10.2 Å². The summed E-state index contributed by atoms with van der Waals surface area (Å²) in [4.78, 5) is 11.2. The van der Waals surface area contributed by atoms with E-state index in [1.807, 2.05) is 6.92 Å². The molecule has 1 heterocycles. The zero-order chi connectivity index (χ0) is 8.97. The van der Waals surface area contributed by atoms with Crippen LogP contribution in [0.15, 0.2) is 16.5 Å². The van der Waals surface area contributed by atoms with Crippen molar-refractivity contribution in [3.8, 4) is 0 Å². The Morgan fingerprint density at radius 3 is 2.92 bits per heavy atom. The molecule has 0 radical (unpaired) electrons. The zero-order valence-electron chi connectivity index (χ0n) is 6.96. The summed E-state index contributed by atoms with van der Waals surface area (Å²) in [5.74, 6) is 0.311. The second-order valence-corrected chi connectivity index (χ2v) is 2.46. The highest BCUT2D eigenvalue weighted by Gasteiger charge is 2.07. The molecule has 0 fully saturated rings. The zero-order valence-corrected chi connectivity index (χ0v) is 6.96. The highest BCUT2D eigenvalue weighted by atomic mass is 16.4. The van der Waals surface area contributed by atoms with Crippen molar-refractivity contribution in [2.24, 2.45) is 0 Å². The molecule has 0 atom stereocenters. The standard InChI is InChI=1S/C8H12N2O2/c1-2-5-10-8(11)6-3-4-7(9)12-6/h3-4H,2,5,9H2,1H3,(H,10,11). The number of amides is 1. The molecule has 1 amide bonds. The van der Waals surface area contributed by atoms with Crippen LogP contribution in [0.25, 0.3) is 0 Å². The predicted molar refractivity (Wildman–Crippen MR) is 45.7 cm³/mol. The first kappa shape index (κ1) is 8.64. The van der Waals surface area contributed by atoms with E-state index in [-0.39, 0.29) is 17.6 Å². The van der Waals surface area contributed by atoms with Crippen LogP contribution in [0.4, 0.5) is 5.88 Å². The lowest BCUT2D eigenvalue weighted by Crippen LogP contribution is -2.23. The van der Waals surface area contributed by atoms with Crippen molar-refractivity contribution >= 4 is 11.8 Å². The Hall–Kier alpha value is -1.45. The van der Waals surface area contributed by atoms with Crippen molar-refractivity contribution < 1.29 is 9.21 Å². The number of nitrogen functional groups attached to an aromatic ring is 1. The van der Waals surface area contributed by atoms with Crippen molar-refractivity contribution in [1.29, 1.82) is 0 Å². The third-order valence-corrected chi connectivity index (χ3v) is 1.39. The second kappa shape index (κ2) is 3.80. The van der Waals surface area contributed by atoms with Gasteiger partial charge >= 0.3 is 0 Å². The Balaban J connectivity index is 2.53. The Bertz CT molecular complexity index is 268. The lowest BCUT2D eigenvalue weighted by Gasteiger charge is -1.98. The number of carbonyl (C=O) groups is 1. The van der Waals surface area contributed by atoms with Gasteiger partial charge in [-0.25, -0.2) is 0 Å². The molecule has 0 unspecified atom stereocenters. The summed E-state index contributed by atoms with van der Waals surface area (Å²) in [6.45, 7) is 2.64. The first-order valence-corrected chi connectivity index (χ1v) is 3.87. The summed E-state index contributed by atoms with van der Waals surface area (Å²) >= 11 is 0. The molecule has 1 rings (SSSR count). The van der Waals surface area contributed by atoms with E-state index >= 15 is 0 Å². The Morgan fingerprint density at radius 1 is 1.67 bits per heavy atom. The number of nitrogens with two attached hydrogens (primary N) is 1. The van der Waals surface area contributed by atoms with Crippen LogP contribution in [0.3, 0.4) is 0 Å². The fourth-order valence-corrected chi connectivity index (χ4v) is 0.801. The molecule has 0 aliphatic carbocycles. The predicted octanol–water partition coefficient (Wildman–Crippen LogP) is 1.00. The van der Waals surface area contributed by atoms with Gasteiger partial charge in [-0.05, 0) is 12.5 Å². The number of furan rings is 1. The molecule has 0 aliphatic rings. The molecule has 0 aliphatic heterocycles. The third-order valence-electron chi connectivity index (χ3n) is 1.39. The molecule has 1 aromatic rings. The minimum Gasteiger partial charge on any atom is -0.436 e. The van der Waals surface area contributed by atoms with Gasteiger partial charge in [0.15, 0.2) is 11.6 Å². The molecule has 4 heteroatoms. The van der Waals surface area contributed by atoms with E-state index in [0.29, 0.717) is 6.54 Å². The fraction of sp³-hybridized carbons (Fsp3) is 0.375. The Morgan fingerprint density at radius 2 is 2.42 bits per heavy atom. The van der Waals surface area contributed by atoms with Gasteiger partial charge in [0, 0.05) is 12.6 Å². The van der Waals surface area contributed by atoms with Gasteiger partial charge in [-0.2, -0.15) is 0 Å².